The maximum atomic E-state index is 13.3. The fourth-order valence-electron chi connectivity index (χ4n) is 6.41. The van der Waals surface area contributed by atoms with Crippen LogP contribution in [-0.4, -0.2) is 57.3 Å². The van der Waals surface area contributed by atoms with E-state index in [1.54, 1.807) is 18.9 Å². The average molecular weight is 693 g/mol. The molecule has 1 N–H and O–H groups in total. The lowest BCUT2D eigenvalue weighted by atomic mass is 9.96. The summed E-state index contributed by atoms with van der Waals surface area (Å²) in [4.78, 5) is 24.4. The number of carbonyl (C=O) groups is 1. The van der Waals surface area contributed by atoms with Gasteiger partial charge in [0.2, 0.25) is 0 Å². The molecule has 2 aliphatic rings. The number of thioether (sulfide) groups is 1. The largest absolute Gasteiger partial charge is 0.573 e. The summed E-state index contributed by atoms with van der Waals surface area (Å²) in [7, 11) is 1.67. The van der Waals surface area contributed by atoms with Gasteiger partial charge in [-0.1, -0.05) is 49.9 Å². The van der Waals surface area contributed by atoms with E-state index in [1.807, 2.05) is 18.2 Å². The van der Waals surface area contributed by atoms with Crippen molar-refractivity contribution < 1.29 is 27.4 Å². The fraction of sp³-hybridized carbons (Fsp3) is 0.389. The lowest BCUT2D eigenvalue weighted by Crippen LogP contribution is -2.43. The van der Waals surface area contributed by atoms with Crippen LogP contribution >= 0.6 is 11.8 Å². The van der Waals surface area contributed by atoms with E-state index in [2.05, 4.69) is 75.1 Å². The van der Waals surface area contributed by atoms with Crippen molar-refractivity contribution in [3.63, 3.8) is 0 Å². The van der Waals surface area contributed by atoms with E-state index in [1.165, 1.54) is 40.8 Å². The second kappa shape index (κ2) is 14.5. The maximum absolute atomic E-state index is 13.3. The zero-order valence-electron chi connectivity index (χ0n) is 27.8. The zero-order chi connectivity index (χ0) is 34.7. The van der Waals surface area contributed by atoms with Crippen LogP contribution in [0.2, 0.25) is 0 Å². The van der Waals surface area contributed by atoms with Crippen molar-refractivity contribution in [2.75, 3.05) is 17.8 Å². The van der Waals surface area contributed by atoms with Crippen molar-refractivity contribution in [1.29, 1.82) is 0 Å². The molecule has 0 bridgehead atoms. The smallest absolute Gasteiger partial charge is 0.497 e. The van der Waals surface area contributed by atoms with Gasteiger partial charge in [-0.15, -0.1) is 18.3 Å². The molecular weight excluding hydrogens is 653 g/mol. The van der Waals surface area contributed by atoms with Crippen LogP contribution in [0.4, 0.5) is 23.7 Å². The molecule has 3 atom stereocenters. The van der Waals surface area contributed by atoms with Crippen molar-refractivity contribution in [1.82, 2.24) is 20.1 Å². The molecule has 0 radical (unpaired) electrons. The number of hydrogen-bond acceptors (Lipinski definition) is 6. The summed E-state index contributed by atoms with van der Waals surface area (Å²) < 4.78 is 48.3. The number of aromatic nitrogens is 3. The summed E-state index contributed by atoms with van der Waals surface area (Å²) in [5, 5.41) is 8.38. The van der Waals surface area contributed by atoms with Crippen LogP contribution in [0.5, 0.6) is 11.5 Å². The van der Waals surface area contributed by atoms with Gasteiger partial charge >= 0.3 is 12.4 Å². The van der Waals surface area contributed by atoms with Gasteiger partial charge in [-0.2, -0.15) is 4.99 Å². The number of carbonyl (C=O) groups excluding carboxylic acids is 1. The van der Waals surface area contributed by atoms with Crippen LogP contribution in [0.25, 0.3) is 17.1 Å². The lowest BCUT2D eigenvalue weighted by molar-refractivity contribution is -0.274. The summed E-state index contributed by atoms with van der Waals surface area (Å²) in [5.41, 5.74) is 4.76. The Labute approximate surface area is 287 Å². The predicted molar refractivity (Wildman–Crippen MR) is 186 cm³/mol. The second-order valence-electron chi connectivity index (χ2n) is 12.7. The minimum atomic E-state index is -4.75. The Balaban J connectivity index is 1.08. The number of ether oxygens (including phenoxy) is 2. The number of urea groups is 1. The van der Waals surface area contributed by atoms with Crippen LogP contribution in [0.1, 0.15) is 69.4 Å². The van der Waals surface area contributed by atoms with Crippen molar-refractivity contribution in [2.24, 2.45) is 4.99 Å². The molecule has 1 saturated carbocycles. The van der Waals surface area contributed by atoms with Crippen LogP contribution in [-0.2, 0) is 0 Å². The standard InChI is InChI=1S/C36H39F3N6O3S/c1-22(2)31-20-30(47-4)15-16-32(31)45-23(3)17-18-49-35(45)42-34(46)41-27-10-9-26(19-27)24-5-7-25(8-6-24)33-40-21-44(43-33)28-11-13-29(14-12-28)48-36(37,38)39/h5-8,11-16,20-23,26-27H,9-10,17-19H2,1-4H3,(H,41,46). The van der Waals surface area contributed by atoms with E-state index >= 15 is 0 Å². The quantitative estimate of drug-likeness (QED) is 0.198. The molecule has 2 amide bonds. The highest BCUT2D eigenvalue weighted by molar-refractivity contribution is 8.14. The van der Waals surface area contributed by atoms with E-state index in [0.29, 0.717) is 17.4 Å². The molecule has 4 aromatic rings. The van der Waals surface area contributed by atoms with E-state index in [0.717, 1.165) is 59.2 Å². The summed E-state index contributed by atoms with van der Waals surface area (Å²) in [6, 6.07) is 19.5. The SMILES string of the molecule is COc1ccc(N2C(=NC(=O)NC3CCC(c4ccc(-c5ncn(-c6ccc(OC(F)(F)F)cc6)n5)cc4)C3)SCCC2C)c(C(C)C)c1. The van der Waals surface area contributed by atoms with Crippen LogP contribution in [0, 0.1) is 0 Å². The van der Waals surface area contributed by atoms with Crippen LogP contribution < -0.4 is 19.7 Å². The zero-order valence-corrected chi connectivity index (χ0v) is 28.6. The van der Waals surface area contributed by atoms with Crippen molar-refractivity contribution in [3.8, 4) is 28.6 Å². The summed E-state index contributed by atoms with van der Waals surface area (Å²) >= 11 is 1.62. The number of halogens is 3. The molecule has 1 saturated heterocycles. The number of anilines is 1. The highest BCUT2D eigenvalue weighted by Gasteiger charge is 2.32. The lowest BCUT2D eigenvalue weighted by Gasteiger charge is -2.37. The number of nitrogens with one attached hydrogen (secondary N) is 1. The van der Waals surface area contributed by atoms with Gasteiger partial charge in [0.15, 0.2) is 11.0 Å². The monoisotopic (exact) mass is 692 g/mol. The molecule has 1 aliphatic carbocycles. The van der Waals surface area contributed by atoms with Crippen LogP contribution in [0.15, 0.2) is 78.0 Å². The van der Waals surface area contributed by atoms with Gasteiger partial charge in [0, 0.05) is 29.1 Å². The number of alkyl halides is 3. The van der Waals surface area contributed by atoms with Crippen molar-refractivity contribution in [2.45, 2.75) is 76.7 Å². The molecule has 2 fully saturated rings. The number of rotatable bonds is 8. The third kappa shape index (κ3) is 8.21. The molecule has 2 heterocycles. The molecule has 0 spiro atoms. The minimum absolute atomic E-state index is 0.0264. The normalized spacial score (nSPS) is 20.5. The Bertz CT molecular complexity index is 1790. The summed E-state index contributed by atoms with van der Waals surface area (Å²) in [5.74, 6) is 2.48. The molecule has 1 aromatic heterocycles. The Hall–Kier alpha value is -4.52. The molecule has 9 nitrogen and oxygen atoms in total. The molecule has 6 rings (SSSR count). The van der Waals surface area contributed by atoms with Gasteiger partial charge in [-0.25, -0.2) is 14.5 Å². The van der Waals surface area contributed by atoms with E-state index in [9.17, 15) is 18.0 Å². The molecule has 1 aliphatic heterocycles. The molecule has 258 valence electrons. The second-order valence-corrected chi connectivity index (χ2v) is 13.7. The van der Waals surface area contributed by atoms with E-state index in [4.69, 9.17) is 4.74 Å². The molecule has 3 unspecified atom stereocenters. The number of aliphatic imine (C=N–C) groups is 1. The Morgan fingerprint density at radius 3 is 2.45 bits per heavy atom. The van der Waals surface area contributed by atoms with Crippen molar-refractivity contribution in [3.05, 3.63) is 84.2 Å². The molecular formula is C36H39F3N6O3S. The number of amidine groups is 1. The highest BCUT2D eigenvalue weighted by atomic mass is 32.2. The van der Waals surface area contributed by atoms with Crippen LogP contribution in [0.3, 0.4) is 0 Å². The highest BCUT2D eigenvalue weighted by Crippen LogP contribution is 2.38. The van der Waals surface area contributed by atoms with Gasteiger partial charge in [-0.05, 0) is 98.0 Å². The number of hydrogen-bond donors (Lipinski definition) is 1. The molecule has 49 heavy (non-hydrogen) atoms. The molecule has 13 heteroatoms. The summed E-state index contributed by atoms with van der Waals surface area (Å²) in [6.07, 6.45) is 0.396. The first-order chi connectivity index (χ1) is 23.5. The van der Waals surface area contributed by atoms with Gasteiger partial charge in [0.25, 0.3) is 0 Å². The fourth-order valence-corrected chi connectivity index (χ4v) is 7.62. The maximum Gasteiger partial charge on any atom is 0.573 e. The number of methoxy groups -OCH3 is 1. The van der Waals surface area contributed by atoms with E-state index in [-0.39, 0.29) is 29.8 Å². The number of nitrogens with zero attached hydrogens (tertiary/aromatic N) is 5. The number of benzene rings is 3. The first-order valence-corrected chi connectivity index (χ1v) is 17.3. The first kappa shape index (κ1) is 34.3. The Morgan fingerprint density at radius 1 is 1.02 bits per heavy atom. The number of amides is 2. The van der Waals surface area contributed by atoms with E-state index < -0.39 is 6.36 Å². The Morgan fingerprint density at radius 2 is 1.76 bits per heavy atom. The first-order valence-electron chi connectivity index (χ1n) is 16.3. The van der Waals surface area contributed by atoms with Gasteiger partial charge < -0.3 is 19.7 Å². The third-order valence-corrected chi connectivity index (χ3v) is 9.94. The average Bonchev–Trinajstić information content (AvgIpc) is 3.75. The summed E-state index contributed by atoms with van der Waals surface area (Å²) in [6.45, 7) is 6.49. The predicted octanol–water partition coefficient (Wildman–Crippen LogP) is 8.70. The van der Waals surface area contributed by atoms with Gasteiger partial charge in [-0.3, -0.25) is 0 Å². The topological polar surface area (TPSA) is 93.9 Å². The van der Waals surface area contributed by atoms with Gasteiger partial charge in [0.05, 0.1) is 12.8 Å². The van der Waals surface area contributed by atoms with Crippen molar-refractivity contribution >= 4 is 28.6 Å². The minimum Gasteiger partial charge on any atom is -0.497 e. The molecule has 3 aromatic carbocycles. The van der Waals surface area contributed by atoms with Gasteiger partial charge in [0.1, 0.15) is 17.8 Å². The third-order valence-electron chi connectivity index (χ3n) is 8.95. The Kier molecular flexibility index (Phi) is 10.2.